The number of amides is 2. The van der Waals surface area contributed by atoms with Gasteiger partial charge in [0.25, 0.3) is 5.91 Å². The topological polar surface area (TPSA) is 122 Å². The van der Waals surface area contributed by atoms with E-state index in [0.717, 1.165) is 34.6 Å². The van der Waals surface area contributed by atoms with Crippen LogP contribution >= 0.6 is 23.1 Å². The van der Waals surface area contributed by atoms with Crippen molar-refractivity contribution in [3.63, 3.8) is 0 Å². The highest BCUT2D eigenvalue weighted by molar-refractivity contribution is 8.00. The molecule has 5 rings (SSSR count). The van der Waals surface area contributed by atoms with Gasteiger partial charge in [0.1, 0.15) is 5.00 Å². The van der Waals surface area contributed by atoms with Crippen molar-refractivity contribution < 1.29 is 29.0 Å². The Morgan fingerprint density at radius 1 is 1.00 bits per heavy atom. The van der Waals surface area contributed by atoms with E-state index in [1.165, 1.54) is 36.3 Å². The summed E-state index contributed by atoms with van der Waals surface area (Å²) in [6, 6.07) is 17.1. The smallest absolute Gasteiger partial charge is 0.341 e. The van der Waals surface area contributed by atoms with Crippen LogP contribution in [0.4, 0.5) is 10.7 Å². The predicted molar refractivity (Wildman–Crippen MR) is 175 cm³/mol. The second kappa shape index (κ2) is 12.8. The first-order valence-electron chi connectivity index (χ1n) is 14.3. The van der Waals surface area contributed by atoms with Crippen molar-refractivity contribution >= 4 is 68.3 Å². The molecule has 0 saturated carbocycles. The normalized spacial score (nSPS) is 14.5. The van der Waals surface area contributed by atoms with Crippen LogP contribution in [0.15, 0.2) is 65.6 Å². The lowest BCUT2D eigenvalue weighted by Crippen LogP contribution is -2.26. The minimum absolute atomic E-state index is 0.0551. The van der Waals surface area contributed by atoms with Crippen LogP contribution in [0.2, 0.25) is 0 Å². The Hall–Kier alpha value is -4.15. The van der Waals surface area contributed by atoms with Gasteiger partial charge in [0.15, 0.2) is 0 Å². The third kappa shape index (κ3) is 6.66. The fourth-order valence-electron chi connectivity index (χ4n) is 5.61. The Bertz CT molecular complexity index is 1770. The molecule has 10 heteroatoms. The number of hydrogen-bond acceptors (Lipinski definition) is 7. The Balaban J connectivity index is 1.27. The molecule has 8 nitrogen and oxygen atoms in total. The Morgan fingerprint density at radius 2 is 1.70 bits per heavy atom. The summed E-state index contributed by atoms with van der Waals surface area (Å²) in [5.41, 5.74) is 2.42. The predicted octanol–water partition coefficient (Wildman–Crippen LogP) is 7.52. The third-order valence-corrected chi connectivity index (χ3v) is 10.1. The van der Waals surface area contributed by atoms with Crippen LogP contribution in [0.25, 0.3) is 10.8 Å². The molecule has 44 heavy (non-hydrogen) atoms. The number of anilines is 2. The van der Waals surface area contributed by atoms with Gasteiger partial charge in [0, 0.05) is 26.4 Å². The zero-order chi connectivity index (χ0) is 31.6. The second-order valence-corrected chi connectivity index (χ2v) is 14.0. The van der Waals surface area contributed by atoms with E-state index in [1.54, 1.807) is 48.5 Å². The highest BCUT2D eigenvalue weighted by Crippen LogP contribution is 2.44. The molecule has 0 spiro atoms. The van der Waals surface area contributed by atoms with Gasteiger partial charge < -0.3 is 20.5 Å². The molecule has 3 aromatic carbocycles. The molecular weight excluding hydrogens is 597 g/mol. The van der Waals surface area contributed by atoms with E-state index in [-0.39, 0.29) is 28.2 Å². The summed E-state index contributed by atoms with van der Waals surface area (Å²) in [6.07, 6.45) is 2.62. The van der Waals surface area contributed by atoms with Gasteiger partial charge in [-0.05, 0) is 71.9 Å². The molecule has 0 radical (unpaired) electrons. The number of rotatable bonds is 8. The number of thiophene rings is 1. The number of ether oxygens (including phenoxy) is 1. The molecular formula is C34H34N2O6S2. The van der Waals surface area contributed by atoms with Gasteiger partial charge in [-0.15, -0.1) is 23.1 Å². The lowest BCUT2D eigenvalue weighted by atomic mass is 9.72. The van der Waals surface area contributed by atoms with Crippen molar-refractivity contribution in [1.82, 2.24) is 0 Å². The van der Waals surface area contributed by atoms with Crippen LogP contribution in [0.5, 0.6) is 0 Å². The fourth-order valence-corrected chi connectivity index (χ4v) is 7.70. The summed E-state index contributed by atoms with van der Waals surface area (Å²) in [5.74, 6) is -1.65. The zero-order valence-electron chi connectivity index (χ0n) is 25.0. The van der Waals surface area contributed by atoms with Crippen LogP contribution in [-0.4, -0.2) is 41.7 Å². The highest BCUT2D eigenvalue weighted by atomic mass is 32.2. The van der Waals surface area contributed by atoms with E-state index in [2.05, 4.69) is 31.4 Å². The van der Waals surface area contributed by atoms with Crippen molar-refractivity contribution in [2.45, 2.75) is 44.9 Å². The van der Waals surface area contributed by atoms with Crippen LogP contribution in [-0.2, 0) is 22.4 Å². The van der Waals surface area contributed by atoms with Crippen molar-refractivity contribution in [1.29, 1.82) is 0 Å². The average molecular weight is 631 g/mol. The summed E-state index contributed by atoms with van der Waals surface area (Å²) in [4.78, 5) is 52.7. The summed E-state index contributed by atoms with van der Waals surface area (Å²) >= 11 is 2.76. The van der Waals surface area contributed by atoms with Crippen molar-refractivity contribution in [3.8, 4) is 0 Å². The maximum absolute atomic E-state index is 13.2. The maximum Gasteiger partial charge on any atom is 0.341 e. The minimum Gasteiger partial charge on any atom is -0.478 e. The number of carbonyl (C=O) groups excluding carboxylic acids is 3. The quantitative estimate of drug-likeness (QED) is 0.136. The summed E-state index contributed by atoms with van der Waals surface area (Å²) in [5, 5.41) is 17.0. The molecule has 1 aliphatic carbocycles. The number of benzene rings is 3. The molecule has 0 aliphatic heterocycles. The third-order valence-electron chi connectivity index (χ3n) is 7.97. The molecule has 2 amide bonds. The second-order valence-electron chi connectivity index (χ2n) is 11.8. The molecule has 1 atom stereocenters. The van der Waals surface area contributed by atoms with Crippen LogP contribution < -0.4 is 10.6 Å². The SMILES string of the molecule is COC(=O)c1c(NC(=O)CSc2cccc(NC(=O)c3cccc4cccc(C(=O)O)c34)c2)sc2c1CCC(C(C)(C)C)C2. The highest BCUT2D eigenvalue weighted by Gasteiger charge is 2.34. The Morgan fingerprint density at radius 3 is 2.39 bits per heavy atom. The van der Waals surface area contributed by atoms with E-state index < -0.39 is 17.8 Å². The fraction of sp³-hybridized carbons (Fsp3) is 0.294. The van der Waals surface area contributed by atoms with Crippen LogP contribution in [0.1, 0.15) is 68.7 Å². The summed E-state index contributed by atoms with van der Waals surface area (Å²) < 4.78 is 5.07. The average Bonchev–Trinajstić information content (AvgIpc) is 3.35. The van der Waals surface area contributed by atoms with Crippen LogP contribution in [0.3, 0.4) is 0 Å². The van der Waals surface area contributed by atoms with E-state index in [0.29, 0.717) is 32.9 Å². The Labute approximate surface area is 264 Å². The number of carbonyl (C=O) groups is 4. The molecule has 1 aromatic heterocycles. The number of nitrogens with one attached hydrogen (secondary N) is 2. The summed E-state index contributed by atoms with van der Waals surface area (Å²) in [7, 11) is 1.35. The largest absolute Gasteiger partial charge is 0.478 e. The minimum atomic E-state index is -1.11. The number of thioether (sulfide) groups is 1. The molecule has 3 N–H and O–H groups in total. The Kier molecular flexibility index (Phi) is 9.12. The van der Waals surface area contributed by atoms with E-state index in [1.807, 2.05) is 6.07 Å². The molecule has 228 valence electrons. The van der Waals surface area contributed by atoms with Gasteiger partial charge in [-0.25, -0.2) is 9.59 Å². The van der Waals surface area contributed by atoms with Gasteiger partial charge in [0.2, 0.25) is 5.91 Å². The summed E-state index contributed by atoms with van der Waals surface area (Å²) in [6.45, 7) is 6.70. The number of esters is 1. The van der Waals surface area contributed by atoms with Crippen molar-refractivity contribution in [2.75, 3.05) is 23.5 Å². The molecule has 1 heterocycles. The van der Waals surface area contributed by atoms with Gasteiger partial charge >= 0.3 is 11.9 Å². The number of carboxylic acids is 1. The lowest BCUT2D eigenvalue weighted by molar-refractivity contribution is -0.113. The molecule has 1 unspecified atom stereocenters. The number of carboxylic acid groups (broad SMARTS) is 1. The molecule has 0 saturated heterocycles. The molecule has 1 aliphatic rings. The van der Waals surface area contributed by atoms with Gasteiger partial charge in [-0.3, -0.25) is 9.59 Å². The zero-order valence-corrected chi connectivity index (χ0v) is 26.6. The maximum atomic E-state index is 13.2. The first-order valence-corrected chi connectivity index (χ1v) is 16.1. The first kappa shape index (κ1) is 31.3. The standard InChI is InChI=1S/C34H34N2O6S2/c1-34(2,3)20-14-15-23-26(16-20)44-31(29(23)33(41)42-4)36-27(37)18-43-22-11-7-10-21(17-22)35-30(38)24-12-5-8-19-9-6-13-25(28(19)24)32(39)40/h5-13,17,20H,14-16,18H2,1-4H3,(H,35,38)(H,36,37)(H,39,40). The molecule has 4 aromatic rings. The first-order chi connectivity index (χ1) is 21.0. The van der Waals surface area contributed by atoms with Crippen molar-refractivity contribution in [2.24, 2.45) is 11.3 Å². The van der Waals surface area contributed by atoms with Gasteiger partial charge in [0.05, 0.1) is 24.0 Å². The van der Waals surface area contributed by atoms with Crippen LogP contribution in [0, 0.1) is 11.3 Å². The number of aromatic carboxylic acids is 1. The van der Waals surface area contributed by atoms with Gasteiger partial charge in [-0.1, -0.05) is 51.1 Å². The molecule has 0 bridgehead atoms. The number of methoxy groups -OCH3 is 1. The van der Waals surface area contributed by atoms with Crippen molar-refractivity contribution in [3.05, 3.63) is 87.8 Å². The monoisotopic (exact) mass is 630 g/mol. The van der Waals surface area contributed by atoms with E-state index in [9.17, 15) is 24.3 Å². The molecule has 0 fully saturated rings. The number of hydrogen-bond donors (Lipinski definition) is 3. The van der Waals surface area contributed by atoms with E-state index >= 15 is 0 Å². The van der Waals surface area contributed by atoms with Gasteiger partial charge in [-0.2, -0.15) is 0 Å². The number of fused-ring (bicyclic) bond motifs is 2. The van der Waals surface area contributed by atoms with E-state index in [4.69, 9.17) is 4.74 Å². The lowest BCUT2D eigenvalue weighted by Gasteiger charge is -2.33.